The van der Waals surface area contributed by atoms with E-state index in [9.17, 15) is 0 Å². The molecule has 0 aliphatic heterocycles. The van der Waals surface area contributed by atoms with E-state index < -0.39 is 0 Å². The van der Waals surface area contributed by atoms with E-state index in [1.807, 2.05) is 24.3 Å². The standard InChI is InChI=1S/C14H11BrN4O/c15-10-3-1-2-8(4-10)13-18-14(20-19-13)9-5-11(16)7-12(17)6-9/h1-7H,16-17H2. The van der Waals surface area contributed by atoms with Gasteiger partial charge in [0.05, 0.1) is 0 Å². The second-order valence-electron chi connectivity index (χ2n) is 4.32. The molecule has 0 saturated carbocycles. The van der Waals surface area contributed by atoms with Crippen molar-refractivity contribution >= 4 is 27.3 Å². The number of hydrogen-bond acceptors (Lipinski definition) is 5. The molecule has 1 aromatic heterocycles. The van der Waals surface area contributed by atoms with Crippen LogP contribution in [0.25, 0.3) is 22.8 Å². The Morgan fingerprint density at radius 1 is 0.950 bits per heavy atom. The van der Waals surface area contributed by atoms with E-state index >= 15 is 0 Å². The SMILES string of the molecule is Nc1cc(N)cc(-c2nc(-c3cccc(Br)c3)no2)c1. The smallest absolute Gasteiger partial charge is 0.258 e. The lowest BCUT2D eigenvalue weighted by Gasteiger charge is -1.99. The Morgan fingerprint density at radius 3 is 2.40 bits per heavy atom. The molecule has 0 aliphatic rings. The first-order valence-electron chi connectivity index (χ1n) is 5.88. The van der Waals surface area contributed by atoms with Gasteiger partial charge in [0, 0.05) is 27.0 Å². The topological polar surface area (TPSA) is 91.0 Å². The quantitative estimate of drug-likeness (QED) is 0.703. The van der Waals surface area contributed by atoms with Gasteiger partial charge in [0.1, 0.15) is 0 Å². The number of halogens is 1. The highest BCUT2D eigenvalue weighted by molar-refractivity contribution is 9.10. The van der Waals surface area contributed by atoms with Crippen LogP contribution in [0.15, 0.2) is 51.5 Å². The normalized spacial score (nSPS) is 10.7. The largest absolute Gasteiger partial charge is 0.399 e. The first-order chi connectivity index (χ1) is 9.61. The van der Waals surface area contributed by atoms with Crippen LogP contribution in [0.5, 0.6) is 0 Å². The fourth-order valence-electron chi connectivity index (χ4n) is 1.89. The molecule has 4 N–H and O–H groups in total. The summed E-state index contributed by atoms with van der Waals surface area (Å²) in [4.78, 5) is 4.36. The minimum atomic E-state index is 0.388. The van der Waals surface area contributed by atoms with E-state index in [1.165, 1.54) is 0 Å². The molecule has 3 rings (SSSR count). The van der Waals surface area contributed by atoms with Crippen LogP contribution in [0, 0.1) is 0 Å². The maximum Gasteiger partial charge on any atom is 0.258 e. The summed E-state index contributed by atoms with van der Waals surface area (Å²) in [5.74, 6) is 0.904. The maximum atomic E-state index is 5.76. The molecule has 0 amide bonds. The molecular formula is C14H11BrN4O. The molecule has 0 unspecified atom stereocenters. The number of anilines is 2. The summed E-state index contributed by atoms with van der Waals surface area (Å²) in [6.45, 7) is 0. The van der Waals surface area contributed by atoms with Crippen molar-refractivity contribution in [3.63, 3.8) is 0 Å². The minimum absolute atomic E-state index is 0.388. The van der Waals surface area contributed by atoms with Crippen molar-refractivity contribution in [3.05, 3.63) is 46.9 Å². The minimum Gasteiger partial charge on any atom is -0.399 e. The van der Waals surface area contributed by atoms with Crippen LogP contribution in [0.2, 0.25) is 0 Å². The molecule has 2 aromatic carbocycles. The zero-order chi connectivity index (χ0) is 14.1. The van der Waals surface area contributed by atoms with E-state index in [0.29, 0.717) is 28.7 Å². The van der Waals surface area contributed by atoms with Gasteiger partial charge in [-0.05, 0) is 30.3 Å². The summed E-state index contributed by atoms with van der Waals surface area (Å²) in [6, 6.07) is 12.8. The Balaban J connectivity index is 2.02. The van der Waals surface area contributed by atoms with Gasteiger partial charge >= 0.3 is 0 Å². The van der Waals surface area contributed by atoms with Crippen molar-refractivity contribution < 1.29 is 4.52 Å². The average Bonchev–Trinajstić information content (AvgIpc) is 2.87. The van der Waals surface area contributed by atoms with Crippen LogP contribution in [0.3, 0.4) is 0 Å². The van der Waals surface area contributed by atoms with Gasteiger partial charge in [0.15, 0.2) is 0 Å². The molecule has 100 valence electrons. The van der Waals surface area contributed by atoms with E-state index in [2.05, 4.69) is 26.1 Å². The molecule has 0 spiro atoms. The number of nitrogen functional groups attached to an aromatic ring is 2. The summed E-state index contributed by atoms with van der Waals surface area (Å²) in [7, 11) is 0. The highest BCUT2D eigenvalue weighted by Gasteiger charge is 2.11. The molecule has 0 bridgehead atoms. The molecule has 0 radical (unpaired) electrons. The molecular weight excluding hydrogens is 320 g/mol. The predicted molar refractivity (Wildman–Crippen MR) is 81.7 cm³/mol. The van der Waals surface area contributed by atoms with E-state index in [-0.39, 0.29) is 0 Å². The molecule has 0 fully saturated rings. The number of hydrogen-bond donors (Lipinski definition) is 2. The predicted octanol–water partition coefficient (Wildman–Crippen LogP) is 3.33. The third-order valence-electron chi connectivity index (χ3n) is 2.73. The van der Waals surface area contributed by atoms with Crippen molar-refractivity contribution in [2.24, 2.45) is 0 Å². The number of nitrogens with zero attached hydrogens (tertiary/aromatic N) is 2. The molecule has 0 saturated heterocycles. The van der Waals surface area contributed by atoms with Crippen LogP contribution < -0.4 is 11.5 Å². The van der Waals surface area contributed by atoms with Crippen molar-refractivity contribution in [1.82, 2.24) is 10.1 Å². The summed E-state index contributed by atoms with van der Waals surface area (Å²) in [5, 5.41) is 3.97. The lowest BCUT2D eigenvalue weighted by atomic mass is 10.1. The molecule has 1 heterocycles. The highest BCUT2D eigenvalue weighted by Crippen LogP contribution is 2.26. The number of rotatable bonds is 2. The third-order valence-corrected chi connectivity index (χ3v) is 3.23. The van der Waals surface area contributed by atoms with E-state index in [0.717, 1.165) is 10.0 Å². The van der Waals surface area contributed by atoms with Gasteiger partial charge in [0.2, 0.25) is 5.82 Å². The fraction of sp³-hybridized carbons (Fsp3) is 0. The number of benzene rings is 2. The van der Waals surface area contributed by atoms with Crippen LogP contribution in [-0.4, -0.2) is 10.1 Å². The van der Waals surface area contributed by atoms with Gasteiger partial charge in [0.25, 0.3) is 5.89 Å². The lowest BCUT2D eigenvalue weighted by molar-refractivity contribution is 0.432. The van der Waals surface area contributed by atoms with Crippen LogP contribution in [0.1, 0.15) is 0 Å². The third kappa shape index (κ3) is 2.50. The van der Waals surface area contributed by atoms with E-state index in [4.69, 9.17) is 16.0 Å². The van der Waals surface area contributed by atoms with Crippen molar-refractivity contribution in [1.29, 1.82) is 0 Å². The van der Waals surface area contributed by atoms with Crippen LogP contribution in [-0.2, 0) is 0 Å². The molecule has 20 heavy (non-hydrogen) atoms. The molecule has 6 heteroatoms. The monoisotopic (exact) mass is 330 g/mol. The van der Waals surface area contributed by atoms with Gasteiger partial charge in [-0.15, -0.1) is 0 Å². The highest BCUT2D eigenvalue weighted by atomic mass is 79.9. The summed E-state index contributed by atoms with van der Waals surface area (Å²) in [6.07, 6.45) is 0. The van der Waals surface area contributed by atoms with Gasteiger partial charge < -0.3 is 16.0 Å². The Labute approximate surface area is 123 Å². The van der Waals surface area contributed by atoms with Crippen LogP contribution >= 0.6 is 15.9 Å². The van der Waals surface area contributed by atoms with Gasteiger partial charge in [-0.25, -0.2) is 0 Å². The van der Waals surface area contributed by atoms with E-state index in [1.54, 1.807) is 18.2 Å². The zero-order valence-corrected chi connectivity index (χ0v) is 12.0. The molecule has 5 nitrogen and oxygen atoms in total. The first kappa shape index (κ1) is 12.7. The summed E-state index contributed by atoms with van der Waals surface area (Å²) >= 11 is 3.41. The first-order valence-corrected chi connectivity index (χ1v) is 6.67. The second-order valence-corrected chi connectivity index (χ2v) is 5.24. The Kier molecular flexibility index (Phi) is 3.15. The summed E-state index contributed by atoms with van der Waals surface area (Å²) in [5.41, 5.74) is 14.2. The Morgan fingerprint density at radius 2 is 1.70 bits per heavy atom. The fourth-order valence-corrected chi connectivity index (χ4v) is 2.28. The lowest BCUT2D eigenvalue weighted by Crippen LogP contribution is -1.91. The number of aromatic nitrogens is 2. The summed E-state index contributed by atoms with van der Waals surface area (Å²) < 4.78 is 6.22. The molecule has 3 aromatic rings. The number of nitrogens with two attached hydrogens (primary N) is 2. The van der Waals surface area contributed by atoms with Crippen molar-refractivity contribution in [2.45, 2.75) is 0 Å². The van der Waals surface area contributed by atoms with Crippen molar-refractivity contribution in [2.75, 3.05) is 11.5 Å². The second kappa shape index (κ2) is 4.97. The van der Waals surface area contributed by atoms with Gasteiger partial charge in [-0.1, -0.05) is 33.2 Å². The molecule has 0 aliphatic carbocycles. The molecule has 0 atom stereocenters. The van der Waals surface area contributed by atoms with Gasteiger partial charge in [-0.3, -0.25) is 0 Å². The average molecular weight is 331 g/mol. The Bertz CT molecular complexity index is 749. The van der Waals surface area contributed by atoms with Crippen LogP contribution in [0.4, 0.5) is 11.4 Å². The Hall–Kier alpha value is -2.34. The van der Waals surface area contributed by atoms with Crippen molar-refractivity contribution in [3.8, 4) is 22.8 Å². The van der Waals surface area contributed by atoms with Gasteiger partial charge in [-0.2, -0.15) is 4.98 Å². The maximum absolute atomic E-state index is 5.76. The zero-order valence-electron chi connectivity index (χ0n) is 10.4.